The highest BCUT2D eigenvalue weighted by molar-refractivity contribution is 5.86. The number of nitrogens with two attached hydrogens (primary N) is 1. The zero-order chi connectivity index (χ0) is 13.1. The van der Waals surface area contributed by atoms with Crippen LogP contribution in [-0.2, 0) is 11.3 Å². The molecule has 2 heterocycles. The molecule has 18 heavy (non-hydrogen) atoms. The third kappa shape index (κ3) is 2.70. The number of carbonyl (C=O) groups is 2. The van der Waals surface area contributed by atoms with Crippen molar-refractivity contribution < 1.29 is 14.7 Å². The number of aromatic nitrogens is 1. The van der Waals surface area contributed by atoms with Gasteiger partial charge in [0, 0.05) is 25.3 Å². The summed E-state index contributed by atoms with van der Waals surface area (Å²) < 4.78 is 1.46. The van der Waals surface area contributed by atoms with Gasteiger partial charge in [-0.2, -0.15) is 0 Å². The fraction of sp³-hybridized carbons (Fsp3) is 0.500. The second-order valence-corrected chi connectivity index (χ2v) is 4.54. The molecule has 0 saturated carbocycles. The molecular weight excluding hydrogens is 234 g/mol. The molecule has 6 heteroatoms. The first-order valence-electron chi connectivity index (χ1n) is 5.99. The fourth-order valence-corrected chi connectivity index (χ4v) is 2.14. The van der Waals surface area contributed by atoms with Gasteiger partial charge in [-0.25, -0.2) is 4.79 Å². The van der Waals surface area contributed by atoms with E-state index in [-0.39, 0.29) is 24.2 Å². The number of rotatable bonds is 3. The molecule has 1 aromatic heterocycles. The van der Waals surface area contributed by atoms with E-state index < -0.39 is 5.97 Å². The molecule has 0 spiro atoms. The Morgan fingerprint density at radius 2 is 2.06 bits per heavy atom. The van der Waals surface area contributed by atoms with Gasteiger partial charge in [-0.1, -0.05) is 0 Å². The van der Waals surface area contributed by atoms with Crippen LogP contribution in [0.3, 0.4) is 0 Å². The Morgan fingerprint density at radius 3 is 2.67 bits per heavy atom. The van der Waals surface area contributed by atoms with Crippen LogP contribution in [0.25, 0.3) is 0 Å². The normalized spacial score (nSPS) is 16.8. The molecule has 0 unspecified atom stereocenters. The van der Waals surface area contributed by atoms with Crippen LogP contribution in [0.2, 0.25) is 0 Å². The lowest BCUT2D eigenvalue weighted by atomic mass is 10.1. The van der Waals surface area contributed by atoms with E-state index >= 15 is 0 Å². The number of carbonyl (C=O) groups excluding carboxylic acids is 1. The number of nitrogens with zero attached hydrogens (tertiary/aromatic N) is 2. The van der Waals surface area contributed by atoms with Crippen molar-refractivity contribution in [2.45, 2.75) is 25.4 Å². The fourth-order valence-electron chi connectivity index (χ4n) is 2.14. The Morgan fingerprint density at radius 1 is 1.39 bits per heavy atom. The topological polar surface area (TPSA) is 88.6 Å². The van der Waals surface area contributed by atoms with Crippen molar-refractivity contribution in [2.24, 2.45) is 5.73 Å². The highest BCUT2D eigenvalue weighted by Gasteiger charge is 2.21. The first-order chi connectivity index (χ1) is 8.58. The van der Waals surface area contributed by atoms with Gasteiger partial charge in [0.1, 0.15) is 12.2 Å². The summed E-state index contributed by atoms with van der Waals surface area (Å²) in [6.07, 6.45) is 3.23. The van der Waals surface area contributed by atoms with E-state index in [2.05, 4.69) is 0 Å². The summed E-state index contributed by atoms with van der Waals surface area (Å²) in [6, 6.07) is 3.29. The number of hydrogen-bond acceptors (Lipinski definition) is 3. The molecule has 1 fully saturated rings. The van der Waals surface area contributed by atoms with Gasteiger partial charge in [0.2, 0.25) is 5.91 Å². The van der Waals surface area contributed by atoms with Gasteiger partial charge in [0.15, 0.2) is 0 Å². The molecule has 0 radical (unpaired) electrons. The standard InChI is InChI=1S/C12H17N3O3/c13-9-3-6-14(7-4-9)11(16)8-15-5-1-2-10(15)12(17)18/h1-2,5,9H,3-4,6-8,13H2,(H,17,18). The van der Waals surface area contributed by atoms with Gasteiger partial charge in [-0.05, 0) is 25.0 Å². The molecule has 1 amide bonds. The Kier molecular flexibility index (Phi) is 3.66. The lowest BCUT2D eigenvalue weighted by molar-refractivity contribution is -0.132. The summed E-state index contributed by atoms with van der Waals surface area (Å²) in [4.78, 5) is 24.7. The Labute approximate surface area is 105 Å². The molecule has 2 rings (SSSR count). The molecule has 0 aliphatic carbocycles. The zero-order valence-electron chi connectivity index (χ0n) is 10.1. The molecule has 1 saturated heterocycles. The summed E-state index contributed by atoms with van der Waals surface area (Å²) in [6.45, 7) is 1.39. The van der Waals surface area contributed by atoms with Crippen LogP contribution in [0.15, 0.2) is 18.3 Å². The lowest BCUT2D eigenvalue weighted by Gasteiger charge is -2.30. The molecule has 0 atom stereocenters. The van der Waals surface area contributed by atoms with E-state index in [1.165, 1.54) is 10.6 Å². The quantitative estimate of drug-likeness (QED) is 0.799. The van der Waals surface area contributed by atoms with Crippen molar-refractivity contribution in [2.75, 3.05) is 13.1 Å². The van der Waals surface area contributed by atoms with E-state index in [1.807, 2.05) is 0 Å². The maximum Gasteiger partial charge on any atom is 0.352 e. The van der Waals surface area contributed by atoms with Crippen LogP contribution in [0.5, 0.6) is 0 Å². The Hall–Kier alpha value is -1.82. The van der Waals surface area contributed by atoms with Gasteiger partial charge in [-0.3, -0.25) is 4.79 Å². The number of hydrogen-bond donors (Lipinski definition) is 2. The van der Waals surface area contributed by atoms with Crippen molar-refractivity contribution in [1.29, 1.82) is 0 Å². The number of amides is 1. The molecular formula is C12H17N3O3. The summed E-state index contributed by atoms with van der Waals surface area (Å²) >= 11 is 0. The molecule has 1 aromatic rings. The smallest absolute Gasteiger partial charge is 0.352 e. The second kappa shape index (κ2) is 5.22. The number of likely N-dealkylation sites (tertiary alicyclic amines) is 1. The average molecular weight is 251 g/mol. The van der Waals surface area contributed by atoms with Gasteiger partial charge in [0.05, 0.1) is 0 Å². The van der Waals surface area contributed by atoms with Crippen molar-refractivity contribution in [3.63, 3.8) is 0 Å². The Balaban J connectivity index is 1.98. The minimum absolute atomic E-state index is 0.0550. The molecule has 98 valence electrons. The molecule has 0 bridgehead atoms. The molecule has 3 N–H and O–H groups in total. The van der Waals surface area contributed by atoms with Crippen LogP contribution in [-0.4, -0.2) is 45.6 Å². The molecule has 6 nitrogen and oxygen atoms in total. The summed E-state index contributed by atoms with van der Waals surface area (Å²) in [5.41, 5.74) is 5.91. The number of carboxylic acid groups (broad SMARTS) is 1. The average Bonchev–Trinajstić information content (AvgIpc) is 2.78. The van der Waals surface area contributed by atoms with Crippen molar-refractivity contribution in [3.8, 4) is 0 Å². The van der Waals surface area contributed by atoms with E-state index in [0.29, 0.717) is 13.1 Å². The minimum atomic E-state index is -1.02. The van der Waals surface area contributed by atoms with Crippen molar-refractivity contribution in [1.82, 2.24) is 9.47 Å². The highest BCUT2D eigenvalue weighted by atomic mass is 16.4. The van der Waals surface area contributed by atoms with E-state index in [9.17, 15) is 9.59 Å². The van der Waals surface area contributed by atoms with E-state index in [1.54, 1.807) is 17.2 Å². The van der Waals surface area contributed by atoms with Gasteiger partial charge < -0.3 is 20.3 Å². The van der Waals surface area contributed by atoms with E-state index in [0.717, 1.165) is 12.8 Å². The third-order valence-corrected chi connectivity index (χ3v) is 3.25. The highest BCUT2D eigenvalue weighted by Crippen LogP contribution is 2.10. The van der Waals surface area contributed by atoms with Crippen molar-refractivity contribution >= 4 is 11.9 Å². The van der Waals surface area contributed by atoms with E-state index in [4.69, 9.17) is 10.8 Å². The predicted molar refractivity (Wildman–Crippen MR) is 65.2 cm³/mol. The molecule has 1 aliphatic heterocycles. The van der Waals surface area contributed by atoms with Crippen LogP contribution < -0.4 is 5.73 Å². The summed E-state index contributed by atoms with van der Waals surface area (Å²) in [5, 5.41) is 8.95. The zero-order valence-corrected chi connectivity index (χ0v) is 10.1. The van der Waals surface area contributed by atoms with Crippen LogP contribution in [0.1, 0.15) is 23.3 Å². The molecule has 0 aromatic carbocycles. The van der Waals surface area contributed by atoms with Gasteiger partial charge >= 0.3 is 5.97 Å². The lowest BCUT2D eigenvalue weighted by Crippen LogP contribution is -2.44. The predicted octanol–water partition coefficient (Wildman–Crippen LogP) is 0.136. The van der Waals surface area contributed by atoms with Gasteiger partial charge in [-0.15, -0.1) is 0 Å². The number of aromatic carboxylic acids is 1. The maximum absolute atomic E-state index is 12.0. The third-order valence-electron chi connectivity index (χ3n) is 3.25. The van der Waals surface area contributed by atoms with Crippen molar-refractivity contribution in [3.05, 3.63) is 24.0 Å². The van der Waals surface area contributed by atoms with Crippen LogP contribution >= 0.6 is 0 Å². The summed E-state index contributed by atoms with van der Waals surface area (Å²) in [5.74, 6) is -1.07. The first-order valence-corrected chi connectivity index (χ1v) is 5.99. The SMILES string of the molecule is NC1CCN(C(=O)Cn2cccc2C(=O)O)CC1. The monoisotopic (exact) mass is 251 g/mol. The van der Waals surface area contributed by atoms with Crippen LogP contribution in [0.4, 0.5) is 0 Å². The maximum atomic E-state index is 12.0. The Bertz CT molecular complexity index is 447. The largest absolute Gasteiger partial charge is 0.477 e. The number of piperidine rings is 1. The second-order valence-electron chi connectivity index (χ2n) is 4.54. The van der Waals surface area contributed by atoms with Crippen LogP contribution in [0, 0.1) is 0 Å². The van der Waals surface area contributed by atoms with Gasteiger partial charge in [0.25, 0.3) is 0 Å². The minimum Gasteiger partial charge on any atom is -0.477 e. The number of carboxylic acids is 1. The first kappa shape index (κ1) is 12.6. The molecule has 1 aliphatic rings. The summed E-state index contributed by atoms with van der Waals surface area (Å²) in [7, 11) is 0.